The summed E-state index contributed by atoms with van der Waals surface area (Å²) in [5.74, 6) is -0.0999. The minimum Gasteiger partial charge on any atom is -0.358 e. The molecule has 3 aromatic rings. The van der Waals surface area contributed by atoms with Crippen molar-refractivity contribution in [2.24, 2.45) is 0 Å². The van der Waals surface area contributed by atoms with Crippen LogP contribution < -0.4 is 5.32 Å². The molecular weight excluding hydrogens is 260 g/mol. The van der Waals surface area contributed by atoms with Gasteiger partial charge in [-0.25, -0.2) is 0 Å². The number of hydrogen-bond acceptors (Lipinski definition) is 1. The molecule has 2 aromatic carbocycles. The van der Waals surface area contributed by atoms with Crippen molar-refractivity contribution >= 4 is 11.6 Å². The molecule has 0 aliphatic carbocycles. The van der Waals surface area contributed by atoms with Crippen LogP contribution in [0.5, 0.6) is 0 Å². The van der Waals surface area contributed by atoms with E-state index in [1.165, 1.54) is 0 Å². The molecule has 0 saturated heterocycles. The summed E-state index contributed by atoms with van der Waals surface area (Å²) in [6, 6.07) is 21.3. The highest BCUT2D eigenvalue weighted by molar-refractivity contribution is 6.05. The Bertz CT molecular complexity index is 745. The van der Waals surface area contributed by atoms with Crippen LogP contribution in [0.2, 0.25) is 0 Å². The maximum Gasteiger partial charge on any atom is 0.257 e. The highest BCUT2D eigenvalue weighted by atomic mass is 16.1. The number of anilines is 1. The number of rotatable bonds is 3. The largest absolute Gasteiger partial charge is 0.358 e. The number of benzene rings is 2. The molecule has 21 heavy (non-hydrogen) atoms. The molecule has 104 valence electrons. The van der Waals surface area contributed by atoms with Gasteiger partial charge in [0.25, 0.3) is 5.91 Å². The molecular formula is C18H16N2O. The highest BCUT2D eigenvalue weighted by Crippen LogP contribution is 2.22. The van der Waals surface area contributed by atoms with Gasteiger partial charge in [-0.15, -0.1) is 0 Å². The van der Waals surface area contributed by atoms with Crippen molar-refractivity contribution in [3.05, 3.63) is 78.0 Å². The van der Waals surface area contributed by atoms with Crippen LogP contribution in [-0.2, 0) is 0 Å². The summed E-state index contributed by atoms with van der Waals surface area (Å²) in [5.41, 5.74) is 4.34. The van der Waals surface area contributed by atoms with Gasteiger partial charge in [0.15, 0.2) is 0 Å². The van der Waals surface area contributed by atoms with E-state index in [0.29, 0.717) is 5.56 Å². The number of aromatic amines is 1. The molecule has 0 bridgehead atoms. The first-order valence-corrected chi connectivity index (χ1v) is 6.85. The Morgan fingerprint density at radius 3 is 2.24 bits per heavy atom. The first kappa shape index (κ1) is 13.2. The van der Waals surface area contributed by atoms with Crippen LogP contribution in [0.15, 0.2) is 66.7 Å². The van der Waals surface area contributed by atoms with Crippen LogP contribution >= 0.6 is 0 Å². The Morgan fingerprint density at radius 1 is 0.952 bits per heavy atom. The lowest BCUT2D eigenvalue weighted by Gasteiger charge is -2.03. The van der Waals surface area contributed by atoms with E-state index in [1.807, 2.05) is 73.7 Å². The molecule has 0 saturated carbocycles. The van der Waals surface area contributed by atoms with E-state index in [1.54, 1.807) is 0 Å². The van der Waals surface area contributed by atoms with Gasteiger partial charge in [0, 0.05) is 17.1 Å². The van der Waals surface area contributed by atoms with Gasteiger partial charge >= 0.3 is 0 Å². The number of carbonyl (C=O) groups excluding carboxylic acids is 1. The first-order valence-electron chi connectivity index (χ1n) is 6.85. The second kappa shape index (κ2) is 5.67. The Balaban J connectivity index is 1.86. The Kier molecular flexibility index (Phi) is 3.56. The molecule has 2 N–H and O–H groups in total. The highest BCUT2D eigenvalue weighted by Gasteiger charge is 2.13. The first-order chi connectivity index (χ1) is 10.2. The number of H-pyrrole nitrogens is 1. The molecule has 0 fully saturated rings. The fourth-order valence-electron chi connectivity index (χ4n) is 2.29. The molecule has 1 aromatic heterocycles. The summed E-state index contributed by atoms with van der Waals surface area (Å²) in [4.78, 5) is 15.6. The van der Waals surface area contributed by atoms with Gasteiger partial charge < -0.3 is 10.3 Å². The standard InChI is InChI=1S/C18H16N2O/c1-13-16(18(21)20-15-10-6-3-7-11-15)12-17(19-13)14-8-4-2-5-9-14/h2-12,19H,1H3,(H,20,21). The van der Waals surface area contributed by atoms with E-state index in [2.05, 4.69) is 10.3 Å². The summed E-state index contributed by atoms with van der Waals surface area (Å²) >= 11 is 0. The van der Waals surface area contributed by atoms with E-state index in [4.69, 9.17) is 0 Å². The number of para-hydroxylation sites is 1. The van der Waals surface area contributed by atoms with Crippen LogP contribution in [0.4, 0.5) is 5.69 Å². The van der Waals surface area contributed by atoms with E-state index >= 15 is 0 Å². The third-order valence-electron chi connectivity index (χ3n) is 3.38. The zero-order chi connectivity index (χ0) is 14.7. The van der Waals surface area contributed by atoms with E-state index in [9.17, 15) is 4.79 Å². The van der Waals surface area contributed by atoms with Crippen LogP contribution in [-0.4, -0.2) is 10.9 Å². The molecule has 0 aliphatic rings. The maximum absolute atomic E-state index is 12.3. The molecule has 3 rings (SSSR count). The Hall–Kier alpha value is -2.81. The molecule has 1 amide bonds. The van der Waals surface area contributed by atoms with Gasteiger partial charge in [0.05, 0.1) is 5.56 Å². The van der Waals surface area contributed by atoms with Crippen LogP contribution in [0, 0.1) is 6.92 Å². The zero-order valence-corrected chi connectivity index (χ0v) is 11.8. The fraction of sp³-hybridized carbons (Fsp3) is 0.0556. The quantitative estimate of drug-likeness (QED) is 0.738. The van der Waals surface area contributed by atoms with Crippen molar-refractivity contribution in [1.82, 2.24) is 4.98 Å². The van der Waals surface area contributed by atoms with Crippen LogP contribution in [0.25, 0.3) is 11.3 Å². The van der Waals surface area contributed by atoms with Gasteiger partial charge in [0.1, 0.15) is 0 Å². The van der Waals surface area contributed by atoms with Crippen molar-refractivity contribution in [2.75, 3.05) is 5.32 Å². The summed E-state index contributed by atoms with van der Waals surface area (Å²) < 4.78 is 0. The third-order valence-corrected chi connectivity index (χ3v) is 3.38. The van der Waals surface area contributed by atoms with Crippen molar-refractivity contribution in [3.63, 3.8) is 0 Å². The zero-order valence-electron chi connectivity index (χ0n) is 11.8. The molecule has 0 atom stereocenters. The second-order valence-corrected chi connectivity index (χ2v) is 4.91. The van der Waals surface area contributed by atoms with Gasteiger partial charge in [-0.05, 0) is 30.7 Å². The molecule has 0 spiro atoms. The molecule has 3 heteroatoms. The van der Waals surface area contributed by atoms with Crippen LogP contribution in [0.3, 0.4) is 0 Å². The van der Waals surface area contributed by atoms with E-state index in [-0.39, 0.29) is 5.91 Å². The summed E-state index contributed by atoms with van der Waals surface area (Å²) in [5, 5.41) is 2.90. The topological polar surface area (TPSA) is 44.9 Å². The van der Waals surface area contributed by atoms with Crippen molar-refractivity contribution in [1.29, 1.82) is 0 Å². The maximum atomic E-state index is 12.3. The minimum absolute atomic E-state index is 0.0999. The van der Waals surface area contributed by atoms with Gasteiger partial charge in [-0.3, -0.25) is 4.79 Å². The normalized spacial score (nSPS) is 10.3. The lowest BCUT2D eigenvalue weighted by atomic mass is 10.1. The lowest BCUT2D eigenvalue weighted by Crippen LogP contribution is -2.12. The average Bonchev–Trinajstić information content (AvgIpc) is 2.91. The number of aryl methyl sites for hydroxylation is 1. The molecule has 3 nitrogen and oxygen atoms in total. The Labute approximate surface area is 123 Å². The van der Waals surface area contributed by atoms with Gasteiger partial charge in [-0.2, -0.15) is 0 Å². The third kappa shape index (κ3) is 2.87. The minimum atomic E-state index is -0.0999. The van der Waals surface area contributed by atoms with Gasteiger partial charge in [0.2, 0.25) is 0 Å². The number of amides is 1. The fourth-order valence-corrected chi connectivity index (χ4v) is 2.29. The van der Waals surface area contributed by atoms with E-state index in [0.717, 1.165) is 22.6 Å². The predicted octanol–water partition coefficient (Wildman–Crippen LogP) is 4.24. The van der Waals surface area contributed by atoms with E-state index < -0.39 is 0 Å². The number of nitrogens with one attached hydrogen (secondary N) is 2. The number of aromatic nitrogens is 1. The van der Waals surface area contributed by atoms with Crippen molar-refractivity contribution in [2.45, 2.75) is 6.92 Å². The number of hydrogen-bond donors (Lipinski definition) is 2. The summed E-state index contributed by atoms with van der Waals surface area (Å²) in [6.45, 7) is 1.91. The van der Waals surface area contributed by atoms with Crippen molar-refractivity contribution < 1.29 is 4.79 Å². The van der Waals surface area contributed by atoms with Crippen molar-refractivity contribution in [3.8, 4) is 11.3 Å². The average molecular weight is 276 g/mol. The lowest BCUT2D eigenvalue weighted by molar-refractivity contribution is 0.102. The van der Waals surface area contributed by atoms with Gasteiger partial charge in [-0.1, -0.05) is 48.5 Å². The number of carbonyl (C=O) groups is 1. The molecule has 1 heterocycles. The SMILES string of the molecule is Cc1[nH]c(-c2ccccc2)cc1C(=O)Nc1ccccc1. The Morgan fingerprint density at radius 2 is 1.57 bits per heavy atom. The molecule has 0 aliphatic heterocycles. The second-order valence-electron chi connectivity index (χ2n) is 4.91. The smallest absolute Gasteiger partial charge is 0.257 e. The monoisotopic (exact) mass is 276 g/mol. The summed E-state index contributed by atoms with van der Waals surface area (Å²) in [6.07, 6.45) is 0. The predicted molar refractivity (Wildman–Crippen MR) is 85.4 cm³/mol. The molecule has 0 unspecified atom stereocenters. The molecule has 0 radical (unpaired) electrons. The van der Waals surface area contributed by atoms with Crippen LogP contribution in [0.1, 0.15) is 16.1 Å². The summed E-state index contributed by atoms with van der Waals surface area (Å²) in [7, 11) is 0.